The van der Waals surface area contributed by atoms with Crippen LogP contribution in [0.25, 0.3) is 11.0 Å². The highest BCUT2D eigenvalue weighted by Gasteiger charge is 2.26. The van der Waals surface area contributed by atoms with Crippen LogP contribution in [-0.4, -0.2) is 38.7 Å². The first-order valence-corrected chi connectivity index (χ1v) is 7.65. The van der Waals surface area contributed by atoms with Gasteiger partial charge in [-0.05, 0) is 25.7 Å². The van der Waals surface area contributed by atoms with Gasteiger partial charge in [0.15, 0.2) is 5.65 Å². The number of anilines is 1. The van der Waals surface area contributed by atoms with E-state index in [-0.39, 0.29) is 17.8 Å². The van der Waals surface area contributed by atoms with Crippen molar-refractivity contribution in [2.45, 2.75) is 37.8 Å². The third-order valence-electron chi connectivity index (χ3n) is 4.62. The van der Waals surface area contributed by atoms with Crippen LogP contribution in [0.5, 0.6) is 0 Å². The van der Waals surface area contributed by atoms with Crippen LogP contribution < -0.4 is 21.9 Å². The highest BCUT2D eigenvalue weighted by Crippen LogP contribution is 2.31. The molecule has 22 heavy (non-hydrogen) atoms. The molecule has 8 nitrogen and oxygen atoms in total. The molecule has 116 valence electrons. The minimum atomic E-state index is -0.430. The number of aromatic nitrogens is 4. The predicted molar refractivity (Wildman–Crippen MR) is 82.1 cm³/mol. The zero-order valence-electron chi connectivity index (χ0n) is 12.2. The second-order valence-corrected chi connectivity index (χ2v) is 6.12. The summed E-state index contributed by atoms with van der Waals surface area (Å²) in [6, 6.07) is 0.239. The Bertz CT molecular complexity index is 837. The summed E-state index contributed by atoms with van der Waals surface area (Å²) < 4.78 is 1.61. The van der Waals surface area contributed by atoms with Crippen molar-refractivity contribution in [1.82, 2.24) is 19.5 Å². The quantitative estimate of drug-likeness (QED) is 0.791. The van der Waals surface area contributed by atoms with Crippen LogP contribution >= 0.6 is 0 Å². The van der Waals surface area contributed by atoms with Gasteiger partial charge in [-0.2, -0.15) is 4.98 Å². The summed E-state index contributed by atoms with van der Waals surface area (Å²) in [7, 11) is 0. The third-order valence-corrected chi connectivity index (χ3v) is 4.62. The molecule has 0 aromatic carbocycles. The number of nitrogens with one attached hydrogen (secondary N) is 1. The summed E-state index contributed by atoms with van der Waals surface area (Å²) in [6.07, 6.45) is 5.38. The predicted octanol–water partition coefficient (Wildman–Crippen LogP) is -0.258. The second-order valence-electron chi connectivity index (χ2n) is 6.12. The lowest BCUT2D eigenvalue weighted by molar-refractivity contribution is 0.309. The molecule has 3 heterocycles. The first kappa shape index (κ1) is 13.4. The zero-order valence-corrected chi connectivity index (χ0v) is 12.2. The molecule has 2 aromatic rings. The lowest BCUT2D eigenvalue weighted by atomic mass is 9.93. The van der Waals surface area contributed by atoms with E-state index in [1.165, 1.54) is 6.20 Å². The van der Waals surface area contributed by atoms with Crippen LogP contribution in [0.2, 0.25) is 0 Å². The van der Waals surface area contributed by atoms with Crippen molar-refractivity contribution >= 4 is 17.0 Å². The Morgan fingerprint density at radius 1 is 1.27 bits per heavy atom. The van der Waals surface area contributed by atoms with Crippen molar-refractivity contribution in [3.05, 3.63) is 27.0 Å². The molecule has 4 rings (SSSR count). The number of nitrogens with two attached hydrogens (primary N) is 1. The van der Waals surface area contributed by atoms with E-state index in [4.69, 9.17) is 5.73 Å². The normalized spacial score (nSPS) is 22.2. The molecule has 0 radical (unpaired) electrons. The minimum absolute atomic E-state index is 0.118. The van der Waals surface area contributed by atoms with Crippen molar-refractivity contribution in [3.8, 4) is 0 Å². The van der Waals surface area contributed by atoms with Gasteiger partial charge in [0.1, 0.15) is 5.39 Å². The molecule has 3 N–H and O–H groups in total. The topological polar surface area (TPSA) is 110 Å². The molecule has 2 aromatic heterocycles. The van der Waals surface area contributed by atoms with Gasteiger partial charge in [-0.15, -0.1) is 0 Å². The van der Waals surface area contributed by atoms with Crippen LogP contribution in [0, 0.1) is 0 Å². The molecule has 2 aliphatic rings. The molecule has 2 fully saturated rings. The molecular formula is C14H18N6O2. The lowest BCUT2D eigenvalue weighted by Gasteiger charge is -2.28. The van der Waals surface area contributed by atoms with E-state index in [1.807, 2.05) is 4.90 Å². The maximum absolute atomic E-state index is 12.2. The van der Waals surface area contributed by atoms with E-state index in [9.17, 15) is 9.59 Å². The molecule has 1 atom stereocenters. The molecule has 0 bridgehead atoms. The number of nitrogens with zero attached hydrogens (tertiary/aromatic N) is 4. The van der Waals surface area contributed by atoms with Gasteiger partial charge in [-0.1, -0.05) is 0 Å². The summed E-state index contributed by atoms with van der Waals surface area (Å²) in [5.74, 6) is 0.540. The molecular weight excluding hydrogens is 284 g/mol. The smallest absolute Gasteiger partial charge is 0.330 e. The highest BCUT2D eigenvalue weighted by molar-refractivity contribution is 5.74. The fourth-order valence-corrected chi connectivity index (χ4v) is 3.13. The first-order valence-electron chi connectivity index (χ1n) is 7.65. The van der Waals surface area contributed by atoms with E-state index in [0.717, 1.165) is 32.2 Å². The highest BCUT2D eigenvalue weighted by atomic mass is 16.2. The van der Waals surface area contributed by atoms with Crippen molar-refractivity contribution in [2.24, 2.45) is 5.73 Å². The van der Waals surface area contributed by atoms with E-state index >= 15 is 0 Å². The maximum atomic E-state index is 12.2. The number of aromatic amines is 1. The molecule has 1 aliphatic heterocycles. The van der Waals surface area contributed by atoms with Crippen LogP contribution in [-0.2, 0) is 0 Å². The fraction of sp³-hybridized carbons (Fsp3) is 0.571. The third kappa shape index (κ3) is 2.02. The summed E-state index contributed by atoms with van der Waals surface area (Å²) >= 11 is 0. The van der Waals surface area contributed by atoms with Gasteiger partial charge in [0.05, 0.1) is 0 Å². The standard InChI is InChI=1S/C14H18N6O2/c15-8-4-5-19(7-8)13-16-6-10-11(17-13)20(9-2-1-3-9)14(22)18-12(10)21/h6,8-9H,1-5,7,15H2,(H,18,21,22). The molecule has 1 unspecified atom stereocenters. The van der Waals surface area contributed by atoms with Gasteiger partial charge in [-0.3, -0.25) is 14.3 Å². The monoisotopic (exact) mass is 302 g/mol. The Morgan fingerprint density at radius 2 is 2.09 bits per heavy atom. The molecule has 1 aliphatic carbocycles. The Morgan fingerprint density at radius 3 is 2.73 bits per heavy atom. The van der Waals surface area contributed by atoms with Gasteiger partial charge < -0.3 is 10.6 Å². The average molecular weight is 302 g/mol. The van der Waals surface area contributed by atoms with Crippen LogP contribution in [0.1, 0.15) is 31.7 Å². The van der Waals surface area contributed by atoms with Gasteiger partial charge in [0.25, 0.3) is 5.56 Å². The van der Waals surface area contributed by atoms with Crippen molar-refractivity contribution in [2.75, 3.05) is 18.0 Å². The van der Waals surface area contributed by atoms with Gasteiger partial charge in [0, 0.05) is 31.4 Å². The van der Waals surface area contributed by atoms with E-state index in [1.54, 1.807) is 4.57 Å². The Kier molecular flexibility index (Phi) is 3.00. The van der Waals surface area contributed by atoms with Crippen molar-refractivity contribution in [3.63, 3.8) is 0 Å². The Balaban J connectivity index is 1.89. The molecule has 0 amide bonds. The van der Waals surface area contributed by atoms with Crippen LogP contribution in [0.3, 0.4) is 0 Å². The summed E-state index contributed by atoms with van der Waals surface area (Å²) in [5.41, 5.74) is 5.54. The van der Waals surface area contributed by atoms with E-state index in [2.05, 4.69) is 15.0 Å². The van der Waals surface area contributed by atoms with Gasteiger partial charge in [-0.25, -0.2) is 9.78 Å². The van der Waals surface area contributed by atoms with Crippen molar-refractivity contribution < 1.29 is 0 Å². The average Bonchev–Trinajstić information content (AvgIpc) is 2.87. The Labute approximate surface area is 126 Å². The van der Waals surface area contributed by atoms with Gasteiger partial charge in [0.2, 0.25) is 5.95 Å². The molecule has 8 heteroatoms. The number of hydrogen-bond acceptors (Lipinski definition) is 6. The molecule has 1 saturated heterocycles. The first-order chi connectivity index (χ1) is 10.6. The fourth-order valence-electron chi connectivity index (χ4n) is 3.13. The van der Waals surface area contributed by atoms with E-state index in [0.29, 0.717) is 23.5 Å². The molecule has 0 spiro atoms. The summed E-state index contributed by atoms with van der Waals surface area (Å²) in [4.78, 5) is 37.3. The largest absolute Gasteiger partial charge is 0.339 e. The number of rotatable bonds is 2. The second kappa shape index (κ2) is 4.91. The number of H-pyrrole nitrogens is 1. The summed E-state index contributed by atoms with van der Waals surface area (Å²) in [5, 5.41) is 0.360. The van der Waals surface area contributed by atoms with E-state index < -0.39 is 5.56 Å². The lowest BCUT2D eigenvalue weighted by Crippen LogP contribution is -2.36. The van der Waals surface area contributed by atoms with Gasteiger partial charge >= 0.3 is 5.69 Å². The zero-order chi connectivity index (χ0) is 15.3. The Hall–Kier alpha value is -2.22. The maximum Gasteiger partial charge on any atom is 0.330 e. The minimum Gasteiger partial charge on any atom is -0.339 e. The molecule has 1 saturated carbocycles. The number of hydrogen-bond donors (Lipinski definition) is 2. The SMILES string of the molecule is NC1CCN(c2ncc3c(=O)[nH]c(=O)n(C4CCC4)c3n2)C1. The van der Waals surface area contributed by atoms with Crippen molar-refractivity contribution in [1.29, 1.82) is 0 Å². The summed E-state index contributed by atoms with van der Waals surface area (Å²) in [6.45, 7) is 1.49. The number of fused-ring (bicyclic) bond motifs is 1. The van der Waals surface area contributed by atoms with Crippen LogP contribution in [0.4, 0.5) is 5.95 Å². The van der Waals surface area contributed by atoms with Crippen LogP contribution in [0.15, 0.2) is 15.8 Å².